The van der Waals surface area contributed by atoms with Crippen molar-refractivity contribution in [3.8, 4) is 11.5 Å². The van der Waals surface area contributed by atoms with Crippen LogP contribution in [0.1, 0.15) is 42.1 Å². The molecule has 0 unspecified atom stereocenters. The SMILES string of the molecule is CC(C)NCCCn1c(Cc2cc3c(cc2I)OCO3)nc(C(N)=O)c1N. The molecule has 5 N–H and O–H groups in total. The Morgan fingerprint density at radius 2 is 2.07 bits per heavy atom. The summed E-state index contributed by atoms with van der Waals surface area (Å²) in [6.45, 7) is 5.93. The number of carbonyl (C=O) groups is 1. The van der Waals surface area contributed by atoms with Crippen LogP contribution in [0.5, 0.6) is 11.5 Å². The molecule has 0 atom stereocenters. The van der Waals surface area contributed by atoms with Gasteiger partial charge in [-0.3, -0.25) is 4.79 Å². The zero-order valence-electron chi connectivity index (χ0n) is 15.4. The average Bonchev–Trinajstić information content (AvgIpc) is 3.16. The van der Waals surface area contributed by atoms with Crippen molar-refractivity contribution in [2.24, 2.45) is 5.73 Å². The van der Waals surface area contributed by atoms with Crippen molar-refractivity contribution in [1.82, 2.24) is 14.9 Å². The Labute approximate surface area is 171 Å². The number of halogens is 1. The lowest BCUT2D eigenvalue weighted by atomic mass is 10.1. The van der Waals surface area contributed by atoms with E-state index in [0.717, 1.165) is 27.8 Å². The maximum Gasteiger partial charge on any atom is 0.271 e. The van der Waals surface area contributed by atoms with E-state index in [9.17, 15) is 4.79 Å². The van der Waals surface area contributed by atoms with Gasteiger partial charge in [0, 0.05) is 22.6 Å². The van der Waals surface area contributed by atoms with Gasteiger partial charge in [0.1, 0.15) is 11.6 Å². The van der Waals surface area contributed by atoms with Gasteiger partial charge in [0.05, 0.1) is 0 Å². The molecule has 0 bridgehead atoms. The molecule has 9 heteroatoms. The predicted molar refractivity (Wildman–Crippen MR) is 111 cm³/mol. The summed E-state index contributed by atoms with van der Waals surface area (Å²) in [5.41, 5.74) is 12.8. The number of hydrogen-bond acceptors (Lipinski definition) is 6. The number of ether oxygens (including phenoxy) is 2. The Balaban J connectivity index is 1.85. The van der Waals surface area contributed by atoms with Crippen molar-refractivity contribution < 1.29 is 14.3 Å². The van der Waals surface area contributed by atoms with Gasteiger partial charge in [-0.25, -0.2) is 4.98 Å². The van der Waals surface area contributed by atoms with Crippen LogP contribution in [0.3, 0.4) is 0 Å². The Morgan fingerprint density at radius 3 is 2.74 bits per heavy atom. The number of benzene rings is 1. The number of amides is 1. The number of anilines is 1. The second kappa shape index (κ2) is 8.34. The van der Waals surface area contributed by atoms with E-state index in [1.54, 1.807) is 0 Å². The largest absolute Gasteiger partial charge is 0.454 e. The van der Waals surface area contributed by atoms with Crippen molar-refractivity contribution in [2.45, 2.75) is 39.3 Å². The molecular formula is C18H24IN5O3. The van der Waals surface area contributed by atoms with Crippen molar-refractivity contribution in [3.05, 3.63) is 32.8 Å². The minimum absolute atomic E-state index is 0.123. The summed E-state index contributed by atoms with van der Waals surface area (Å²) in [7, 11) is 0. The van der Waals surface area contributed by atoms with Crippen LogP contribution in [0, 0.1) is 3.57 Å². The Kier molecular flexibility index (Phi) is 6.10. The van der Waals surface area contributed by atoms with Crippen LogP contribution in [0.4, 0.5) is 5.82 Å². The molecule has 0 spiro atoms. The van der Waals surface area contributed by atoms with E-state index in [4.69, 9.17) is 20.9 Å². The number of nitrogen functional groups attached to an aromatic ring is 1. The van der Waals surface area contributed by atoms with E-state index < -0.39 is 5.91 Å². The number of nitrogens with zero attached hydrogens (tertiary/aromatic N) is 2. The molecule has 27 heavy (non-hydrogen) atoms. The van der Waals surface area contributed by atoms with Crippen molar-refractivity contribution >= 4 is 34.3 Å². The fourth-order valence-corrected chi connectivity index (χ4v) is 3.60. The zero-order valence-corrected chi connectivity index (χ0v) is 17.6. The standard InChI is InChI=1S/C18H24IN5O3/c1-10(2)22-4-3-5-24-15(23-16(17(24)20)18(21)25)7-11-6-13-14(8-12(11)19)27-9-26-13/h6,8,10,22H,3-5,7,9,20H2,1-2H3,(H2,21,25). The summed E-state index contributed by atoms with van der Waals surface area (Å²) in [6, 6.07) is 4.31. The molecule has 1 aromatic heterocycles. The first-order valence-electron chi connectivity index (χ1n) is 8.83. The molecule has 2 aromatic rings. The molecule has 0 aliphatic carbocycles. The quantitative estimate of drug-likeness (QED) is 0.388. The molecule has 0 saturated carbocycles. The highest BCUT2D eigenvalue weighted by atomic mass is 127. The number of aromatic nitrogens is 2. The highest BCUT2D eigenvalue weighted by Crippen LogP contribution is 2.36. The molecule has 146 valence electrons. The molecule has 1 aliphatic heterocycles. The van der Waals surface area contributed by atoms with E-state index in [1.807, 2.05) is 16.7 Å². The lowest BCUT2D eigenvalue weighted by Gasteiger charge is -2.12. The van der Waals surface area contributed by atoms with Crippen LogP contribution >= 0.6 is 22.6 Å². The van der Waals surface area contributed by atoms with Crippen LogP contribution in [-0.4, -0.2) is 34.8 Å². The maximum absolute atomic E-state index is 11.7. The van der Waals surface area contributed by atoms with Gasteiger partial charge in [0.25, 0.3) is 5.91 Å². The van der Waals surface area contributed by atoms with Gasteiger partial charge in [-0.2, -0.15) is 0 Å². The summed E-state index contributed by atoms with van der Waals surface area (Å²) in [5.74, 6) is 1.87. The first kappa shape index (κ1) is 19.7. The summed E-state index contributed by atoms with van der Waals surface area (Å²) in [5, 5.41) is 3.37. The third-order valence-corrected chi connectivity index (χ3v) is 5.32. The number of nitrogens with two attached hydrogens (primary N) is 2. The molecule has 3 rings (SSSR count). The lowest BCUT2D eigenvalue weighted by molar-refractivity contribution is 0.0996. The Morgan fingerprint density at radius 1 is 1.37 bits per heavy atom. The average molecular weight is 485 g/mol. The van der Waals surface area contributed by atoms with Crippen molar-refractivity contribution in [2.75, 3.05) is 19.1 Å². The van der Waals surface area contributed by atoms with Gasteiger partial charge in [0.15, 0.2) is 17.2 Å². The van der Waals surface area contributed by atoms with Gasteiger partial charge >= 0.3 is 0 Å². The van der Waals surface area contributed by atoms with Gasteiger partial charge in [-0.05, 0) is 53.3 Å². The molecule has 0 saturated heterocycles. The smallest absolute Gasteiger partial charge is 0.271 e. The molecule has 8 nitrogen and oxygen atoms in total. The first-order chi connectivity index (χ1) is 12.9. The fourth-order valence-electron chi connectivity index (χ4n) is 2.97. The summed E-state index contributed by atoms with van der Waals surface area (Å²) in [4.78, 5) is 16.1. The van der Waals surface area contributed by atoms with Crippen LogP contribution < -0.4 is 26.3 Å². The van der Waals surface area contributed by atoms with Crippen LogP contribution in [0.15, 0.2) is 12.1 Å². The predicted octanol–water partition coefficient (Wildman–Crippen LogP) is 1.88. The highest BCUT2D eigenvalue weighted by molar-refractivity contribution is 14.1. The molecule has 2 heterocycles. The molecule has 1 aromatic carbocycles. The Bertz CT molecular complexity index is 850. The molecule has 1 amide bonds. The second-order valence-electron chi connectivity index (χ2n) is 6.71. The minimum atomic E-state index is -0.617. The summed E-state index contributed by atoms with van der Waals surface area (Å²) >= 11 is 2.26. The monoisotopic (exact) mass is 485 g/mol. The van der Waals surface area contributed by atoms with Gasteiger partial charge in [0.2, 0.25) is 6.79 Å². The number of carbonyl (C=O) groups excluding carboxylic acids is 1. The first-order valence-corrected chi connectivity index (χ1v) is 9.90. The second-order valence-corrected chi connectivity index (χ2v) is 7.88. The van der Waals surface area contributed by atoms with E-state index >= 15 is 0 Å². The number of rotatable bonds is 8. The number of nitrogens with one attached hydrogen (secondary N) is 1. The number of primary amides is 1. The summed E-state index contributed by atoms with van der Waals surface area (Å²) in [6.07, 6.45) is 1.38. The number of fused-ring (bicyclic) bond motifs is 1. The summed E-state index contributed by atoms with van der Waals surface area (Å²) < 4.78 is 13.8. The van der Waals surface area contributed by atoms with E-state index in [0.29, 0.717) is 36.4 Å². The fraction of sp³-hybridized carbons (Fsp3) is 0.444. The number of imidazole rings is 1. The highest BCUT2D eigenvalue weighted by Gasteiger charge is 2.21. The van der Waals surface area contributed by atoms with E-state index in [1.165, 1.54) is 0 Å². The minimum Gasteiger partial charge on any atom is -0.454 e. The van der Waals surface area contributed by atoms with E-state index in [-0.39, 0.29) is 12.5 Å². The lowest BCUT2D eigenvalue weighted by Crippen LogP contribution is -2.25. The third-order valence-electron chi connectivity index (χ3n) is 4.32. The molecule has 1 aliphatic rings. The van der Waals surface area contributed by atoms with Crippen LogP contribution in [0.2, 0.25) is 0 Å². The van der Waals surface area contributed by atoms with Crippen LogP contribution in [0.25, 0.3) is 0 Å². The van der Waals surface area contributed by atoms with Gasteiger partial charge in [-0.15, -0.1) is 0 Å². The molecular weight excluding hydrogens is 461 g/mol. The third kappa shape index (κ3) is 4.46. The normalized spacial score (nSPS) is 12.7. The van der Waals surface area contributed by atoms with Crippen LogP contribution in [-0.2, 0) is 13.0 Å². The maximum atomic E-state index is 11.7. The molecule has 0 fully saturated rings. The Hall–Kier alpha value is -2.01. The molecule has 0 radical (unpaired) electrons. The zero-order chi connectivity index (χ0) is 19.6. The topological polar surface area (TPSA) is 117 Å². The number of hydrogen-bond donors (Lipinski definition) is 3. The van der Waals surface area contributed by atoms with Crippen molar-refractivity contribution in [3.63, 3.8) is 0 Å². The van der Waals surface area contributed by atoms with Gasteiger partial charge in [-0.1, -0.05) is 13.8 Å². The van der Waals surface area contributed by atoms with Crippen molar-refractivity contribution in [1.29, 1.82) is 0 Å². The van der Waals surface area contributed by atoms with E-state index in [2.05, 4.69) is 46.7 Å². The van der Waals surface area contributed by atoms with Gasteiger partial charge < -0.3 is 30.8 Å².